The summed E-state index contributed by atoms with van der Waals surface area (Å²) in [7, 11) is 5.57. The molecule has 1 aliphatic carbocycles. The molecule has 0 aromatic heterocycles. The van der Waals surface area contributed by atoms with Crippen molar-refractivity contribution in [1.82, 2.24) is 10.2 Å². The second kappa shape index (κ2) is 10.9. The van der Waals surface area contributed by atoms with Gasteiger partial charge in [-0.3, -0.25) is 0 Å². The van der Waals surface area contributed by atoms with Gasteiger partial charge < -0.3 is 25.0 Å². The molecule has 1 aliphatic heterocycles. The van der Waals surface area contributed by atoms with Crippen LogP contribution in [0.4, 0.5) is 10.5 Å². The van der Waals surface area contributed by atoms with E-state index in [1.807, 2.05) is 12.1 Å². The van der Waals surface area contributed by atoms with Crippen LogP contribution in [0.2, 0.25) is 0 Å². The van der Waals surface area contributed by atoms with Gasteiger partial charge in [0.15, 0.2) is 11.5 Å². The minimum atomic E-state index is -0.112. The molecule has 0 unspecified atom stereocenters. The summed E-state index contributed by atoms with van der Waals surface area (Å²) in [6.07, 6.45) is 7.51. The SMILES string of the molecule is CCCCc1ccc(NC(=O)N[C@H]2CC[C@@]3(c4ccc(OC)c(OC)c4)CCN(C)[C@@H]3C2)c(C)c1. The third kappa shape index (κ3) is 5.27. The molecule has 2 amide bonds. The monoisotopic (exact) mass is 479 g/mol. The van der Waals surface area contributed by atoms with Crippen LogP contribution in [0.25, 0.3) is 0 Å². The van der Waals surface area contributed by atoms with Crippen LogP contribution < -0.4 is 20.1 Å². The Kier molecular flexibility index (Phi) is 7.90. The molecule has 190 valence electrons. The number of amides is 2. The zero-order valence-corrected chi connectivity index (χ0v) is 21.9. The summed E-state index contributed by atoms with van der Waals surface area (Å²) in [5.74, 6) is 1.54. The van der Waals surface area contributed by atoms with Crippen molar-refractivity contribution in [3.63, 3.8) is 0 Å². The normalized spacial score (nSPS) is 24.0. The number of aryl methyl sites for hydroxylation is 2. The van der Waals surface area contributed by atoms with E-state index in [4.69, 9.17) is 9.47 Å². The molecule has 0 bridgehead atoms. The van der Waals surface area contributed by atoms with Gasteiger partial charge in [-0.25, -0.2) is 4.79 Å². The van der Waals surface area contributed by atoms with Crippen LogP contribution in [-0.4, -0.2) is 50.8 Å². The molecule has 6 heteroatoms. The number of ether oxygens (including phenoxy) is 2. The third-order valence-electron chi connectivity index (χ3n) is 8.18. The summed E-state index contributed by atoms with van der Waals surface area (Å²) in [4.78, 5) is 15.4. The van der Waals surface area contributed by atoms with Gasteiger partial charge >= 0.3 is 6.03 Å². The van der Waals surface area contributed by atoms with Gasteiger partial charge in [0.25, 0.3) is 0 Å². The van der Waals surface area contributed by atoms with Crippen LogP contribution in [0.15, 0.2) is 36.4 Å². The second-order valence-corrected chi connectivity index (χ2v) is 10.3. The van der Waals surface area contributed by atoms with Crippen molar-refractivity contribution in [2.45, 2.75) is 76.3 Å². The highest BCUT2D eigenvalue weighted by atomic mass is 16.5. The van der Waals surface area contributed by atoms with Crippen LogP contribution in [0.5, 0.6) is 11.5 Å². The number of likely N-dealkylation sites (N-methyl/N-ethyl adjacent to an activating group) is 1. The van der Waals surface area contributed by atoms with Gasteiger partial charge in [0.1, 0.15) is 0 Å². The minimum Gasteiger partial charge on any atom is -0.493 e. The number of methoxy groups -OCH3 is 2. The summed E-state index contributed by atoms with van der Waals surface area (Å²) in [6.45, 7) is 5.33. The molecular weight excluding hydrogens is 438 g/mol. The number of nitrogens with zero attached hydrogens (tertiary/aromatic N) is 1. The number of fused-ring (bicyclic) bond motifs is 1. The highest BCUT2D eigenvalue weighted by Crippen LogP contribution is 2.49. The summed E-state index contributed by atoms with van der Waals surface area (Å²) in [6, 6.07) is 13.1. The first kappa shape index (κ1) is 25.4. The third-order valence-corrected chi connectivity index (χ3v) is 8.18. The molecule has 0 radical (unpaired) electrons. The van der Waals surface area contributed by atoms with E-state index < -0.39 is 0 Å². The molecule has 2 aliphatic rings. The Balaban J connectivity index is 1.43. The Morgan fingerprint density at radius 1 is 1.11 bits per heavy atom. The lowest BCUT2D eigenvalue weighted by molar-refractivity contribution is 0.156. The van der Waals surface area contributed by atoms with Crippen molar-refractivity contribution < 1.29 is 14.3 Å². The Morgan fingerprint density at radius 2 is 1.91 bits per heavy atom. The summed E-state index contributed by atoms with van der Waals surface area (Å²) < 4.78 is 11.1. The first-order valence-corrected chi connectivity index (χ1v) is 13.0. The predicted octanol–water partition coefficient (Wildman–Crippen LogP) is 5.67. The van der Waals surface area contributed by atoms with E-state index in [0.717, 1.165) is 61.4 Å². The number of anilines is 1. The molecule has 1 saturated heterocycles. The number of likely N-dealkylation sites (tertiary alicyclic amines) is 1. The maximum absolute atomic E-state index is 12.9. The number of carbonyl (C=O) groups is 1. The van der Waals surface area contributed by atoms with E-state index in [2.05, 4.69) is 60.7 Å². The standard InChI is InChI=1S/C29H41N3O3/c1-6-7-8-21-9-11-24(20(2)17-21)31-28(33)30-23-13-14-29(15-16-32(3)27(29)19-23)22-10-12-25(34-4)26(18-22)35-5/h9-12,17-18,23,27H,6-8,13-16,19H2,1-5H3,(H2,30,31,33)/t23-,27+,29-/m0/s1. The zero-order valence-electron chi connectivity index (χ0n) is 21.9. The summed E-state index contributed by atoms with van der Waals surface area (Å²) >= 11 is 0. The lowest BCUT2D eigenvalue weighted by atomic mass is 9.65. The fraction of sp³-hybridized carbons (Fsp3) is 0.552. The molecule has 4 rings (SSSR count). The fourth-order valence-electron chi connectivity index (χ4n) is 6.14. The van der Waals surface area contributed by atoms with E-state index >= 15 is 0 Å². The lowest BCUT2D eigenvalue weighted by Crippen LogP contribution is -2.52. The maximum atomic E-state index is 12.9. The van der Waals surface area contributed by atoms with Gasteiger partial charge in [0.2, 0.25) is 0 Å². The Labute approximate surface area is 210 Å². The minimum absolute atomic E-state index is 0.0772. The van der Waals surface area contributed by atoms with Crippen LogP contribution in [0, 0.1) is 6.92 Å². The largest absolute Gasteiger partial charge is 0.493 e. The molecule has 2 fully saturated rings. The number of hydrogen-bond donors (Lipinski definition) is 2. The van der Waals surface area contributed by atoms with E-state index in [9.17, 15) is 4.79 Å². The van der Waals surface area contributed by atoms with E-state index in [0.29, 0.717) is 6.04 Å². The van der Waals surface area contributed by atoms with Crippen LogP contribution >= 0.6 is 0 Å². The molecule has 2 aromatic rings. The number of rotatable bonds is 8. The molecule has 1 heterocycles. The Morgan fingerprint density at radius 3 is 2.63 bits per heavy atom. The predicted molar refractivity (Wildman–Crippen MR) is 142 cm³/mol. The van der Waals surface area contributed by atoms with E-state index in [1.54, 1.807) is 14.2 Å². The van der Waals surface area contributed by atoms with Gasteiger partial charge in [0.05, 0.1) is 14.2 Å². The Hall–Kier alpha value is -2.73. The summed E-state index contributed by atoms with van der Waals surface area (Å²) in [5.41, 5.74) is 4.72. The van der Waals surface area contributed by atoms with Crippen molar-refractivity contribution >= 4 is 11.7 Å². The number of nitrogens with one attached hydrogen (secondary N) is 2. The van der Waals surface area contributed by atoms with Crippen molar-refractivity contribution in [2.24, 2.45) is 0 Å². The van der Waals surface area contributed by atoms with Crippen LogP contribution in [-0.2, 0) is 11.8 Å². The highest BCUT2D eigenvalue weighted by molar-refractivity contribution is 5.90. The smallest absolute Gasteiger partial charge is 0.319 e. The van der Waals surface area contributed by atoms with E-state index in [-0.39, 0.29) is 17.5 Å². The molecule has 3 atom stereocenters. The molecule has 0 spiro atoms. The molecule has 2 N–H and O–H groups in total. The van der Waals surface area contributed by atoms with Gasteiger partial charge in [-0.1, -0.05) is 31.5 Å². The number of hydrogen-bond acceptors (Lipinski definition) is 4. The van der Waals surface area contributed by atoms with Gasteiger partial charge in [-0.2, -0.15) is 0 Å². The highest BCUT2D eigenvalue weighted by Gasteiger charge is 2.50. The second-order valence-electron chi connectivity index (χ2n) is 10.3. The fourth-order valence-corrected chi connectivity index (χ4v) is 6.14. The van der Waals surface area contributed by atoms with E-state index in [1.165, 1.54) is 24.0 Å². The average molecular weight is 480 g/mol. The van der Waals surface area contributed by atoms with Crippen molar-refractivity contribution in [1.29, 1.82) is 0 Å². The Bertz CT molecular complexity index is 1040. The quantitative estimate of drug-likeness (QED) is 0.512. The zero-order chi connectivity index (χ0) is 25.0. The number of carbonyl (C=O) groups excluding carboxylic acids is 1. The van der Waals surface area contributed by atoms with Crippen molar-refractivity contribution in [3.8, 4) is 11.5 Å². The van der Waals surface area contributed by atoms with Gasteiger partial charge in [0, 0.05) is 23.2 Å². The lowest BCUT2D eigenvalue weighted by Gasteiger charge is -2.45. The first-order chi connectivity index (χ1) is 16.9. The number of unbranched alkanes of at least 4 members (excludes halogenated alkanes) is 1. The van der Waals surface area contributed by atoms with Gasteiger partial charge in [-0.05, 0) is 93.9 Å². The molecule has 35 heavy (non-hydrogen) atoms. The average Bonchev–Trinajstić information content (AvgIpc) is 3.20. The van der Waals surface area contributed by atoms with Crippen LogP contribution in [0.1, 0.15) is 62.1 Å². The number of benzene rings is 2. The number of urea groups is 1. The van der Waals surface area contributed by atoms with Gasteiger partial charge in [-0.15, -0.1) is 0 Å². The van der Waals surface area contributed by atoms with Crippen molar-refractivity contribution in [2.75, 3.05) is 33.1 Å². The maximum Gasteiger partial charge on any atom is 0.319 e. The van der Waals surface area contributed by atoms with Crippen molar-refractivity contribution in [3.05, 3.63) is 53.1 Å². The topological polar surface area (TPSA) is 62.8 Å². The molecule has 1 saturated carbocycles. The molecular formula is C29H41N3O3. The van der Waals surface area contributed by atoms with Crippen LogP contribution in [0.3, 0.4) is 0 Å². The molecule has 2 aromatic carbocycles. The molecule has 6 nitrogen and oxygen atoms in total. The first-order valence-electron chi connectivity index (χ1n) is 13.0. The summed E-state index contributed by atoms with van der Waals surface area (Å²) in [5, 5.41) is 6.35.